The van der Waals surface area contributed by atoms with E-state index in [9.17, 15) is 20.0 Å². The molecule has 0 spiro atoms. The molecule has 7 nitrogen and oxygen atoms in total. The SMILES string of the molecule is CC(C)(C)NC(=O)c1ccc2c(c1)C1C=CCC1C(c1cc([N+](=O)[O-])ccc1O)N2. The quantitative estimate of drug-likeness (QED) is 0.390. The second-order valence-corrected chi connectivity index (χ2v) is 8.98. The van der Waals surface area contributed by atoms with Gasteiger partial charge >= 0.3 is 0 Å². The number of phenolic OH excluding ortho intramolecular Hbond substituents is 1. The van der Waals surface area contributed by atoms with Crippen molar-refractivity contribution in [1.82, 2.24) is 5.32 Å². The summed E-state index contributed by atoms with van der Waals surface area (Å²) in [5, 5.41) is 28.1. The van der Waals surface area contributed by atoms with E-state index in [1.54, 1.807) is 6.07 Å². The topological polar surface area (TPSA) is 104 Å². The Bertz CT molecular complexity index is 1050. The average molecular weight is 407 g/mol. The second-order valence-electron chi connectivity index (χ2n) is 8.98. The number of nitrogens with one attached hydrogen (secondary N) is 2. The summed E-state index contributed by atoms with van der Waals surface area (Å²) in [4.78, 5) is 23.4. The first-order chi connectivity index (χ1) is 14.1. The maximum absolute atomic E-state index is 12.6. The van der Waals surface area contributed by atoms with E-state index in [1.807, 2.05) is 32.9 Å². The molecule has 0 saturated heterocycles. The Morgan fingerprint density at radius 2 is 1.97 bits per heavy atom. The van der Waals surface area contributed by atoms with Gasteiger partial charge in [0.15, 0.2) is 0 Å². The molecule has 3 atom stereocenters. The first kappa shape index (κ1) is 19.9. The number of anilines is 1. The monoisotopic (exact) mass is 407 g/mol. The highest BCUT2D eigenvalue weighted by atomic mass is 16.6. The van der Waals surface area contributed by atoms with Crippen molar-refractivity contribution in [2.75, 3.05) is 5.32 Å². The lowest BCUT2D eigenvalue weighted by atomic mass is 9.76. The van der Waals surface area contributed by atoms with Crippen LogP contribution in [0.2, 0.25) is 0 Å². The van der Waals surface area contributed by atoms with Gasteiger partial charge in [-0.05, 0) is 62.9 Å². The number of carbonyl (C=O) groups is 1. The molecule has 156 valence electrons. The van der Waals surface area contributed by atoms with Gasteiger partial charge in [-0.1, -0.05) is 12.2 Å². The number of nitro groups is 1. The number of hydrogen-bond acceptors (Lipinski definition) is 5. The molecule has 1 aliphatic heterocycles. The van der Waals surface area contributed by atoms with Crippen LogP contribution in [-0.4, -0.2) is 21.5 Å². The van der Waals surface area contributed by atoms with Gasteiger partial charge in [0.05, 0.1) is 11.0 Å². The molecule has 3 unspecified atom stereocenters. The molecular formula is C23H25N3O4. The van der Waals surface area contributed by atoms with E-state index in [4.69, 9.17) is 0 Å². The highest BCUT2D eigenvalue weighted by Crippen LogP contribution is 2.51. The van der Waals surface area contributed by atoms with Crippen molar-refractivity contribution < 1.29 is 14.8 Å². The maximum atomic E-state index is 12.6. The average Bonchev–Trinajstić information content (AvgIpc) is 3.16. The van der Waals surface area contributed by atoms with Crippen LogP contribution in [0.1, 0.15) is 60.6 Å². The van der Waals surface area contributed by atoms with Crippen molar-refractivity contribution in [3.05, 3.63) is 75.4 Å². The highest BCUT2D eigenvalue weighted by molar-refractivity contribution is 5.95. The molecule has 1 amide bonds. The van der Waals surface area contributed by atoms with Crippen LogP contribution < -0.4 is 10.6 Å². The van der Waals surface area contributed by atoms with Gasteiger partial charge in [0.25, 0.3) is 11.6 Å². The van der Waals surface area contributed by atoms with E-state index in [0.29, 0.717) is 11.1 Å². The number of benzene rings is 2. The van der Waals surface area contributed by atoms with Crippen LogP contribution in [0.3, 0.4) is 0 Å². The van der Waals surface area contributed by atoms with Gasteiger partial charge in [0.2, 0.25) is 0 Å². The van der Waals surface area contributed by atoms with Crippen LogP contribution in [0, 0.1) is 16.0 Å². The van der Waals surface area contributed by atoms with Gasteiger partial charge in [-0.15, -0.1) is 0 Å². The van der Waals surface area contributed by atoms with Gasteiger partial charge < -0.3 is 15.7 Å². The Morgan fingerprint density at radius 3 is 2.67 bits per heavy atom. The number of fused-ring (bicyclic) bond motifs is 3. The molecule has 2 aromatic rings. The maximum Gasteiger partial charge on any atom is 0.270 e. The van der Waals surface area contributed by atoms with E-state index >= 15 is 0 Å². The third-order valence-corrected chi connectivity index (χ3v) is 5.67. The zero-order chi connectivity index (χ0) is 21.6. The first-order valence-corrected chi connectivity index (χ1v) is 10.0. The lowest BCUT2D eigenvalue weighted by molar-refractivity contribution is -0.385. The zero-order valence-electron chi connectivity index (χ0n) is 17.2. The van der Waals surface area contributed by atoms with Crippen LogP contribution >= 0.6 is 0 Å². The van der Waals surface area contributed by atoms with Crippen molar-refractivity contribution in [3.8, 4) is 5.75 Å². The Hall–Kier alpha value is -3.35. The van der Waals surface area contributed by atoms with Crippen LogP contribution in [-0.2, 0) is 0 Å². The molecule has 0 radical (unpaired) electrons. The standard InChI is InChI=1S/C23H25N3O4/c1-23(2,3)25-22(28)13-7-9-19-17(11-13)15-5-4-6-16(15)21(24-19)18-12-14(26(29)30)8-10-20(18)27/h4-5,7-12,15-16,21,24,27H,6H2,1-3H3,(H,25,28). The van der Waals surface area contributed by atoms with Crippen molar-refractivity contribution >= 4 is 17.3 Å². The predicted octanol–water partition coefficient (Wildman–Crippen LogP) is 4.66. The largest absolute Gasteiger partial charge is 0.508 e. The summed E-state index contributed by atoms with van der Waals surface area (Å²) < 4.78 is 0. The lowest BCUT2D eigenvalue weighted by Gasteiger charge is -2.37. The number of rotatable bonds is 3. The number of nitrogens with zero attached hydrogens (tertiary/aromatic N) is 1. The summed E-state index contributed by atoms with van der Waals surface area (Å²) in [5.74, 6) is 0.0642. The number of nitro benzene ring substituents is 1. The van der Waals surface area contributed by atoms with E-state index in [-0.39, 0.29) is 40.8 Å². The molecule has 0 aromatic heterocycles. The molecule has 0 fully saturated rings. The van der Waals surface area contributed by atoms with Gasteiger partial charge in [0.1, 0.15) is 5.75 Å². The van der Waals surface area contributed by atoms with E-state index in [2.05, 4.69) is 22.8 Å². The fraction of sp³-hybridized carbons (Fsp3) is 0.348. The predicted molar refractivity (Wildman–Crippen MR) is 115 cm³/mol. The number of phenols is 1. The molecule has 0 bridgehead atoms. The Balaban J connectivity index is 1.72. The summed E-state index contributed by atoms with van der Waals surface area (Å²) in [6, 6.07) is 9.42. The molecule has 2 aliphatic rings. The number of allylic oxidation sites excluding steroid dienone is 2. The molecule has 4 rings (SSSR count). The molecule has 2 aromatic carbocycles. The molecule has 30 heavy (non-hydrogen) atoms. The molecule has 1 heterocycles. The van der Waals surface area contributed by atoms with Crippen molar-refractivity contribution in [2.45, 2.75) is 44.7 Å². The Morgan fingerprint density at radius 1 is 1.20 bits per heavy atom. The fourth-order valence-electron chi connectivity index (χ4n) is 4.36. The Labute approximate surface area is 175 Å². The van der Waals surface area contributed by atoms with Crippen LogP contribution in [0.4, 0.5) is 11.4 Å². The van der Waals surface area contributed by atoms with Crippen LogP contribution in [0.25, 0.3) is 0 Å². The Kier molecular flexibility index (Phi) is 4.76. The molecule has 1 aliphatic carbocycles. The number of hydrogen-bond donors (Lipinski definition) is 3. The van der Waals surface area contributed by atoms with Gasteiger partial charge in [-0.2, -0.15) is 0 Å². The van der Waals surface area contributed by atoms with Gasteiger partial charge in [0, 0.05) is 40.4 Å². The number of carbonyl (C=O) groups excluding carboxylic acids is 1. The summed E-state index contributed by atoms with van der Waals surface area (Å²) in [6.45, 7) is 5.82. The first-order valence-electron chi connectivity index (χ1n) is 10.0. The second kappa shape index (κ2) is 7.16. The van der Waals surface area contributed by atoms with E-state index in [0.717, 1.165) is 17.7 Å². The van der Waals surface area contributed by atoms with Gasteiger partial charge in [-0.3, -0.25) is 14.9 Å². The summed E-state index contributed by atoms with van der Waals surface area (Å²) in [6.07, 6.45) is 4.99. The third kappa shape index (κ3) is 3.63. The summed E-state index contributed by atoms with van der Waals surface area (Å²) in [5.41, 5.74) is 2.63. The van der Waals surface area contributed by atoms with Gasteiger partial charge in [-0.25, -0.2) is 0 Å². The smallest absolute Gasteiger partial charge is 0.270 e. The normalized spacial score (nSPS) is 22.0. The van der Waals surface area contributed by atoms with E-state index < -0.39 is 4.92 Å². The minimum absolute atomic E-state index is 0.0355. The summed E-state index contributed by atoms with van der Waals surface area (Å²) >= 11 is 0. The molecular weight excluding hydrogens is 382 g/mol. The van der Waals surface area contributed by atoms with E-state index in [1.165, 1.54) is 18.2 Å². The number of non-ortho nitro benzene ring substituents is 1. The van der Waals surface area contributed by atoms with Crippen molar-refractivity contribution in [2.24, 2.45) is 5.92 Å². The zero-order valence-corrected chi connectivity index (χ0v) is 17.2. The molecule has 0 saturated carbocycles. The molecule has 3 N–H and O–H groups in total. The summed E-state index contributed by atoms with van der Waals surface area (Å²) in [7, 11) is 0. The lowest BCUT2D eigenvalue weighted by Crippen LogP contribution is -2.40. The van der Waals surface area contributed by atoms with Crippen LogP contribution in [0.15, 0.2) is 48.6 Å². The van der Waals surface area contributed by atoms with Crippen LogP contribution in [0.5, 0.6) is 5.75 Å². The third-order valence-electron chi connectivity index (χ3n) is 5.67. The number of amides is 1. The van der Waals surface area contributed by atoms with Crippen molar-refractivity contribution in [3.63, 3.8) is 0 Å². The number of aromatic hydroxyl groups is 1. The fourth-order valence-corrected chi connectivity index (χ4v) is 4.36. The minimum Gasteiger partial charge on any atom is -0.508 e. The van der Waals surface area contributed by atoms with Crippen molar-refractivity contribution in [1.29, 1.82) is 0 Å². The highest BCUT2D eigenvalue weighted by Gasteiger charge is 2.39. The minimum atomic E-state index is -0.454. The molecule has 7 heteroatoms.